The van der Waals surface area contributed by atoms with E-state index >= 15 is 0 Å². The van der Waals surface area contributed by atoms with Crippen molar-refractivity contribution in [3.05, 3.63) is 75.3 Å². The number of hydrogen-bond donors (Lipinski definition) is 1. The zero-order valence-electron chi connectivity index (χ0n) is 10.6. The van der Waals surface area contributed by atoms with Gasteiger partial charge in [-0.25, -0.2) is 0 Å². The molecule has 2 atom stereocenters. The van der Waals surface area contributed by atoms with Gasteiger partial charge in [0.05, 0.1) is 4.92 Å². The number of nitrogens with zero attached hydrogens (tertiary/aromatic N) is 1. The molecule has 5 heteroatoms. The molecular weight excluding hydrogens is 276 g/mol. The van der Waals surface area contributed by atoms with E-state index in [1.54, 1.807) is 12.1 Å². The molecule has 1 heterocycles. The lowest BCUT2D eigenvalue weighted by Gasteiger charge is -2.29. The number of non-ortho nitro benzene ring substituents is 1. The minimum Gasteiger partial charge on any atom is -0.297 e. The first kappa shape index (κ1) is 13.1. The van der Waals surface area contributed by atoms with Crippen LogP contribution in [0.4, 0.5) is 5.69 Å². The number of nitro benzene ring substituents is 1. The largest absolute Gasteiger partial charge is 0.297 e. The molecule has 0 radical (unpaired) electrons. The van der Waals surface area contributed by atoms with Crippen molar-refractivity contribution in [1.82, 2.24) is 5.32 Å². The maximum absolute atomic E-state index is 10.9. The van der Waals surface area contributed by atoms with Crippen LogP contribution in [0.5, 0.6) is 0 Å². The van der Waals surface area contributed by atoms with E-state index in [1.807, 2.05) is 30.3 Å². The first-order valence-corrected chi connectivity index (χ1v) is 6.81. The minimum atomic E-state index is -0.365. The van der Waals surface area contributed by atoms with Crippen LogP contribution in [-0.2, 0) is 0 Å². The minimum absolute atomic E-state index is 0.0844. The Bertz CT molecular complexity index is 660. The number of hydrogen-bond acceptors (Lipinski definition) is 3. The SMILES string of the molecule is O=[N+]([O-])c1cccc(C2CNC(Cl)c3ccccc32)c1. The lowest BCUT2D eigenvalue weighted by atomic mass is 9.85. The van der Waals surface area contributed by atoms with Gasteiger partial charge in [0, 0.05) is 24.6 Å². The molecule has 1 aliphatic rings. The third-order valence-electron chi connectivity index (χ3n) is 3.63. The average Bonchev–Trinajstić information content (AvgIpc) is 2.48. The molecule has 2 aromatic rings. The van der Waals surface area contributed by atoms with Crippen LogP contribution in [0.1, 0.15) is 28.1 Å². The zero-order valence-corrected chi connectivity index (χ0v) is 11.4. The number of alkyl halides is 1. The lowest BCUT2D eigenvalue weighted by Crippen LogP contribution is -2.30. The molecule has 1 N–H and O–H groups in total. The zero-order chi connectivity index (χ0) is 14.1. The predicted molar refractivity (Wildman–Crippen MR) is 78.0 cm³/mol. The fourth-order valence-corrected chi connectivity index (χ4v) is 2.94. The molecule has 4 nitrogen and oxygen atoms in total. The summed E-state index contributed by atoms with van der Waals surface area (Å²) in [6.07, 6.45) is 0. The molecule has 0 spiro atoms. The van der Waals surface area contributed by atoms with Crippen LogP contribution in [0.2, 0.25) is 0 Å². The van der Waals surface area contributed by atoms with Crippen LogP contribution in [-0.4, -0.2) is 11.5 Å². The molecule has 3 rings (SSSR count). The third kappa shape index (κ3) is 2.28. The molecule has 0 aromatic heterocycles. The van der Waals surface area contributed by atoms with Crippen LogP contribution in [0.25, 0.3) is 0 Å². The molecule has 0 amide bonds. The molecule has 0 saturated heterocycles. The highest BCUT2D eigenvalue weighted by atomic mass is 35.5. The van der Waals surface area contributed by atoms with Crippen molar-refractivity contribution in [1.29, 1.82) is 0 Å². The molecular formula is C15H13ClN2O2. The standard InChI is InChI=1S/C15H13ClN2O2/c16-15-13-7-2-1-6-12(13)14(9-17-15)10-4-3-5-11(8-10)18(19)20/h1-8,14-15,17H,9H2. The van der Waals surface area contributed by atoms with Crippen LogP contribution >= 0.6 is 11.6 Å². The number of nitrogens with one attached hydrogen (secondary N) is 1. The lowest BCUT2D eigenvalue weighted by molar-refractivity contribution is -0.384. The Morgan fingerprint density at radius 1 is 1.15 bits per heavy atom. The van der Waals surface area contributed by atoms with Crippen molar-refractivity contribution in [2.75, 3.05) is 6.54 Å². The summed E-state index contributed by atoms with van der Waals surface area (Å²) < 4.78 is 0. The number of nitro groups is 1. The van der Waals surface area contributed by atoms with Gasteiger partial charge in [0.2, 0.25) is 0 Å². The maximum atomic E-state index is 10.9. The number of fused-ring (bicyclic) bond motifs is 1. The van der Waals surface area contributed by atoms with Gasteiger partial charge in [0.25, 0.3) is 5.69 Å². The smallest absolute Gasteiger partial charge is 0.269 e. The quantitative estimate of drug-likeness (QED) is 0.398. The van der Waals surface area contributed by atoms with E-state index in [4.69, 9.17) is 11.6 Å². The van der Waals surface area contributed by atoms with E-state index in [2.05, 4.69) is 5.32 Å². The van der Waals surface area contributed by atoms with E-state index in [0.29, 0.717) is 6.54 Å². The van der Waals surface area contributed by atoms with E-state index in [-0.39, 0.29) is 22.0 Å². The van der Waals surface area contributed by atoms with Gasteiger partial charge >= 0.3 is 0 Å². The first-order valence-electron chi connectivity index (χ1n) is 6.37. The summed E-state index contributed by atoms with van der Waals surface area (Å²) in [4.78, 5) is 10.5. The Labute approximate surface area is 121 Å². The molecule has 2 unspecified atom stereocenters. The van der Waals surface area contributed by atoms with Gasteiger partial charge in [-0.3, -0.25) is 15.4 Å². The van der Waals surface area contributed by atoms with Crippen molar-refractivity contribution < 1.29 is 4.92 Å². The molecule has 20 heavy (non-hydrogen) atoms. The van der Waals surface area contributed by atoms with Gasteiger partial charge in [0.1, 0.15) is 5.50 Å². The third-order valence-corrected chi connectivity index (χ3v) is 4.02. The van der Waals surface area contributed by atoms with Crippen molar-refractivity contribution in [3.63, 3.8) is 0 Å². The molecule has 2 aromatic carbocycles. The van der Waals surface area contributed by atoms with Gasteiger partial charge in [-0.1, -0.05) is 36.4 Å². The Morgan fingerprint density at radius 3 is 2.65 bits per heavy atom. The summed E-state index contributed by atoms with van der Waals surface area (Å²) in [5.74, 6) is 0.0844. The van der Waals surface area contributed by atoms with Gasteiger partial charge in [0.15, 0.2) is 0 Å². The highest BCUT2D eigenvalue weighted by molar-refractivity contribution is 6.20. The van der Waals surface area contributed by atoms with Gasteiger partial charge in [-0.15, -0.1) is 11.6 Å². The Morgan fingerprint density at radius 2 is 1.90 bits per heavy atom. The topological polar surface area (TPSA) is 55.2 Å². The van der Waals surface area contributed by atoms with Gasteiger partial charge in [-0.05, 0) is 16.7 Å². The van der Waals surface area contributed by atoms with Crippen molar-refractivity contribution in [3.8, 4) is 0 Å². The molecule has 0 aliphatic carbocycles. The Kier molecular flexibility index (Phi) is 3.42. The summed E-state index contributed by atoms with van der Waals surface area (Å²) in [5.41, 5.74) is 3.01. The van der Waals surface area contributed by atoms with Crippen molar-refractivity contribution in [2.24, 2.45) is 0 Å². The van der Waals surface area contributed by atoms with Crippen LogP contribution in [0.3, 0.4) is 0 Å². The second-order valence-electron chi connectivity index (χ2n) is 4.80. The van der Waals surface area contributed by atoms with Gasteiger partial charge < -0.3 is 0 Å². The first-order chi connectivity index (χ1) is 9.66. The summed E-state index contributed by atoms with van der Waals surface area (Å²) in [7, 11) is 0. The summed E-state index contributed by atoms with van der Waals surface area (Å²) >= 11 is 6.26. The second-order valence-corrected chi connectivity index (χ2v) is 5.24. The summed E-state index contributed by atoms with van der Waals surface area (Å²) in [6.45, 7) is 0.673. The van der Waals surface area contributed by atoms with Crippen molar-refractivity contribution >= 4 is 17.3 Å². The van der Waals surface area contributed by atoms with Gasteiger partial charge in [-0.2, -0.15) is 0 Å². The highest BCUT2D eigenvalue weighted by Gasteiger charge is 2.26. The van der Waals surface area contributed by atoms with E-state index < -0.39 is 0 Å². The van der Waals surface area contributed by atoms with E-state index in [9.17, 15) is 10.1 Å². The van der Waals surface area contributed by atoms with Crippen LogP contribution in [0.15, 0.2) is 48.5 Å². The highest BCUT2D eigenvalue weighted by Crippen LogP contribution is 2.36. The van der Waals surface area contributed by atoms with Crippen LogP contribution < -0.4 is 5.32 Å². The maximum Gasteiger partial charge on any atom is 0.269 e. The number of halogens is 1. The average molecular weight is 289 g/mol. The molecule has 0 fully saturated rings. The molecule has 0 bridgehead atoms. The molecule has 102 valence electrons. The van der Waals surface area contributed by atoms with E-state index in [0.717, 1.165) is 16.7 Å². The van der Waals surface area contributed by atoms with E-state index in [1.165, 1.54) is 6.07 Å². The Hall–Kier alpha value is -1.91. The van der Waals surface area contributed by atoms with Crippen molar-refractivity contribution in [2.45, 2.75) is 11.4 Å². The normalized spacial score (nSPS) is 21.2. The molecule has 0 saturated carbocycles. The summed E-state index contributed by atoms with van der Waals surface area (Å²) in [6, 6.07) is 14.7. The fraction of sp³-hybridized carbons (Fsp3) is 0.200. The molecule has 1 aliphatic heterocycles. The number of rotatable bonds is 2. The monoisotopic (exact) mass is 288 g/mol. The van der Waals surface area contributed by atoms with Crippen LogP contribution in [0, 0.1) is 10.1 Å². The summed E-state index contributed by atoms with van der Waals surface area (Å²) in [5, 5.41) is 14.1. The second kappa shape index (κ2) is 5.23. The Balaban J connectivity index is 2.05. The predicted octanol–water partition coefficient (Wildman–Crippen LogP) is 3.57. The number of benzene rings is 2. The fourth-order valence-electron chi connectivity index (χ4n) is 2.65.